The van der Waals surface area contributed by atoms with Gasteiger partial charge in [-0.3, -0.25) is 9.69 Å². The first kappa shape index (κ1) is 15.5. The summed E-state index contributed by atoms with van der Waals surface area (Å²) in [5, 5.41) is 0. The lowest BCUT2D eigenvalue weighted by molar-refractivity contribution is -0.00374. The van der Waals surface area contributed by atoms with Crippen molar-refractivity contribution in [2.75, 3.05) is 26.4 Å². The number of rotatable bonds is 2. The molecule has 6 heterocycles. The van der Waals surface area contributed by atoms with E-state index in [9.17, 15) is 4.79 Å². The van der Waals surface area contributed by atoms with Crippen molar-refractivity contribution in [1.82, 2.24) is 19.8 Å². The van der Waals surface area contributed by atoms with Crippen LogP contribution in [0.1, 0.15) is 34.9 Å². The van der Waals surface area contributed by atoms with Crippen molar-refractivity contribution in [2.24, 2.45) is 5.92 Å². The summed E-state index contributed by atoms with van der Waals surface area (Å²) in [4.78, 5) is 25.0. The predicted molar refractivity (Wildman–Crippen MR) is 96.8 cm³/mol. The van der Waals surface area contributed by atoms with Crippen molar-refractivity contribution in [1.29, 1.82) is 0 Å². The number of hydrogen-bond acceptors (Lipinski definition) is 5. The third kappa shape index (κ3) is 2.24. The molecule has 27 heavy (non-hydrogen) atoms. The minimum Gasteiger partial charge on any atom is -0.454 e. The summed E-state index contributed by atoms with van der Waals surface area (Å²) in [5.74, 6) is 2.95. The zero-order valence-corrected chi connectivity index (χ0v) is 15.0. The Kier molecular flexibility index (Phi) is 3.29. The first-order valence-corrected chi connectivity index (χ1v) is 9.73. The van der Waals surface area contributed by atoms with Gasteiger partial charge in [0.25, 0.3) is 5.91 Å². The van der Waals surface area contributed by atoms with E-state index in [0.29, 0.717) is 17.8 Å². The maximum Gasteiger partial charge on any atom is 0.289 e. The Morgan fingerprint density at radius 1 is 1.15 bits per heavy atom. The summed E-state index contributed by atoms with van der Waals surface area (Å²) in [6.07, 6.45) is 5.72. The van der Waals surface area contributed by atoms with Gasteiger partial charge >= 0.3 is 0 Å². The molecule has 0 saturated carbocycles. The van der Waals surface area contributed by atoms with Gasteiger partial charge in [0, 0.05) is 30.9 Å². The molecule has 1 aromatic carbocycles. The lowest BCUT2D eigenvalue weighted by Crippen LogP contribution is -2.60. The number of piperidine rings is 3. The zero-order chi connectivity index (χ0) is 18.0. The molecular weight excluding hydrogens is 344 g/mol. The Bertz CT molecular complexity index is 875. The van der Waals surface area contributed by atoms with Crippen molar-refractivity contribution >= 4 is 5.91 Å². The number of H-pyrrole nitrogens is 1. The average Bonchev–Trinajstić information content (AvgIpc) is 3.47. The quantitative estimate of drug-likeness (QED) is 0.878. The molecule has 7 rings (SSSR count). The summed E-state index contributed by atoms with van der Waals surface area (Å²) in [6, 6.07) is 6.88. The molecule has 2 aromatic rings. The number of nitrogens with zero attached hydrogens (tertiary/aromatic N) is 3. The Labute approximate surface area is 157 Å². The standard InChI is InChI=1S/C20H22N4O3/c25-20(19-21-5-6-22-19)24-10-14(13-1-2-15-16(9-13)27-11-26-15)18-17(24)12-3-7-23(18)8-4-12/h1-2,5-6,9,12,14,17-18H,3-4,7-8,10-11H2,(H,21,22)/t14-,17+,18+/m0/s1. The van der Waals surface area contributed by atoms with Crippen molar-refractivity contribution in [3.8, 4) is 11.5 Å². The van der Waals surface area contributed by atoms with E-state index in [-0.39, 0.29) is 24.7 Å². The molecule has 140 valence electrons. The Morgan fingerprint density at radius 3 is 2.81 bits per heavy atom. The maximum absolute atomic E-state index is 13.2. The van der Waals surface area contributed by atoms with Crippen molar-refractivity contribution in [2.45, 2.75) is 30.8 Å². The third-order valence-corrected chi connectivity index (χ3v) is 6.78. The van der Waals surface area contributed by atoms with Gasteiger partial charge in [0.15, 0.2) is 17.3 Å². The number of carbonyl (C=O) groups excluding carboxylic acids is 1. The Morgan fingerprint density at radius 2 is 2.00 bits per heavy atom. The van der Waals surface area contributed by atoms with Gasteiger partial charge in [-0.25, -0.2) is 4.98 Å². The summed E-state index contributed by atoms with van der Waals surface area (Å²) in [5.41, 5.74) is 1.23. The smallest absolute Gasteiger partial charge is 0.289 e. The van der Waals surface area contributed by atoms with Gasteiger partial charge < -0.3 is 19.4 Å². The van der Waals surface area contributed by atoms with Crippen LogP contribution in [0, 0.1) is 5.92 Å². The second kappa shape index (κ2) is 5.73. The third-order valence-electron chi connectivity index (χ3n) is 6.78. The van der Waals surface area contributed by atoms with Crippen LogP contribution >= 0.6 is 0 Å². The van der Waals surface area contributed by atoms with Gasteiger partial charge in [0.05, 0.1) is 6.04 Å². The van der Waals surface area contributed by atoms with Crippen LogP contribution in [-0.2, 0) is 0 Å². The zero-order valence-electron chi connectivity index (χ0n) is 15.0. The van der Waals surface area contributed by atoms with Gasteiger partial charge in [-0.2, -0.15) is 0 Å². The molecule has 3 atom stereocenters. The Hall–Kier alpha value is -2.54. The van der Waals surface area contributed by atoms with Gasteiger partial charge in [-0.15, -0.1) is 0 Å². The first-order chi connectivity index (χ1) is 13.3. The molecule has 4 fully saturated rings. The fraction of sp³-hybridized carbons (Fsp3) is 0.500. The number of benzene rings is 1. The SMILES string of the molecule is O=C(c1ncc[nH]1)N1C[C@@H](c2ccc3c(c2)OCO3)[C@@H]2[C@H]1C1CCN2CC1. The molecular formula is C20H22N4O3. The molecule has 5 aliphatic heterocycles. The lowest BCUT2D eigenvalue weighted by Gasteiger charge is -2.51. The fourth-order valence-electron chi connectivity index (χ4n) is 5.61. The highest BCUT2D eigenvalue weighted by atomic mass is 16.7. The van der Waals surface area contributed by atoms with Crippen molar-refractivity contribution in [3.05, 3.63) is 42.0 Å². The van der Waals surface area contributed by atoms with Crippen LogP contribution in [0.2, 0.25) is 0 Å². The topological polar surface area (TPSA) is 70.7 Å². The molecule has 0 radical (unpaired) electrons. The molecule has 0 aliphatic carbocycles. The summed E-state index contributed by atoms with van der Waals surface area (Å²) < 4.78 is 11.1. The van der Waals surface area contributed by atoms with Crippen molar-refractivity contribution < 1.29 is 14.3 Å². The average molecular weight is 366 g/mol. The number of likely N-dealkylation sites (tertiary alicyclic amines) is 1. The fourth-order valence-corrected chi connectivity index (χ4v) is 5.61. The highest BCUT2D eigenvalue weighted by molar-refractivity contribution is 5.91. The lowest BCUT2D eigenvalue weighted by atomic mass is 9.75. The van der Waals surface area contributed by atoms with Crippen LogP contribution in [0.5, 0.6) is 11.5 Å². The number of aromatic nitrogens is 2. The van der Waals surface area contributed by atoms with Gasteiger partial charge in [-0.1, -0.05) is 6.07 Å². The molecule has 1 aromatic heterocycles. The van der Waals surface area contributed by atoms with Crippen LogP contribution in [0.25, 0.3) is 0 Å². The summed E-state index contributed by atoms with van der Waals surface area (Å²) in [6.45, 7) is 3.28. The summed E-state index contributed by atoms with van der Waals surface area (Å²) >= 11 is 0. The molecule has 2 bridgehead atoms. The van der Waals surface area contributed by atoms with E-state index in [1.165, 1.54) is 18.4 Å². The number of ether oxygens (including phenoxy) is 2. The number of aromatic amines is 1. The van der Waals surface area contributed by atoms with E-state index in [1.807, 2.05) is 6.07 Å². The Balaban J connectivity index is 1.39. The minimum atomic E-state index is 0.0204. The molecule has 0 unspecified atom stereocenters. The largest absolute Gasteiger partial charge is 0.454 e. The van der Waals surface area contributed by atoms with Crippen LogP contribution in [-0.4, -0.2) is 64.2 Å². The molecule has 1 amide bonds. The van der Waals surface area contributed by atoms with E-state index < -0.39 is 0 Å². The van der Waals surface area contributed by atoms with Gasteiger partial charge in [0.1, 0.15) is 0 Å². The normalized spacial score (nSPS) is 33.3. The van der Waals surface area contributed by atoms with Crippen molar-refractivity contribution in [3.63, 3.8) is 0 Å². The molecule has 0 spiro atoms. The number of fused-ring (bicyclic) bond motifs is 3. The summed E-state index contributed by atoms with van der Waals surface area (Å²) in [7, 11) is 0. The van der Waals surface area contributed by atoms with Crippen LogP contribution in [0.15, 0.2) is 30.6 Å². The molecule has 7 nitrogen and oxygen atoms in total. The van der Waals surface area contributed by atoms with E-state index in [4.69, 9.17) is 9.47 Å². The highest BCUT2D eigenvalue weighted by Gasteiger charge is 2.55. The highest BCUT2D eigenvalue weighted by Crippen LogP contribution is 2.48. The van der Waals surface area contributed by atoms with Crippen LogP contribution in [0.3, 0.4) is 0 Å². The molecule has 1 N–H and O–H groups in total. The number of amides is 1. The van der Waals surface area contributed by atoms with E-state index >= 15 is 0 Å². The van der Waals surface area contributed by atoms with Gasteiger partial charge in [0.2, 0.25) is 6.79 Å². The minimum absolute atomic E-state index is 0.0204. The van der Waals surface area contributed by atoms with E-state index in [2.05, 4.69) is 31.9 Å². The van der Waals surface area contributed by atoms with Crippen LogP contribution in [0.4, 0.5) is 0 Å². The number of imidazole rings is 1. The van der Waals surface area contributed by atoms with Gasteiger partial charge in [-0.05, 0) is 49.5 Å². The number of nitrogens with one attached hydrogen (secondary N) is 1. The first-order valence-electron chi connectivity index (χ1n) is 9.73. The predicted octanol–water partition coefficient (Wildman–Crippen LogP) is 1.84. The number of carbonyl (C=O) groups is 1. The van der Waals surface area contributed by atoms with E-state index in [1.54, 1.807) is 12.4 Å². The molecule has 4 saturated heterocycles. The second-order valence-electron chi connectivity index (χ2n) is 7.97. The molecule has 5 aliphatic rings. The van der Waals surface area contributed by atoms with Crippen LogP contribution < -0.4 is 9.47 Å². The second-order valence-corrected chi connectivity index (χ2v) is 7.97. The maximum atomic E-state index is 13.2. The monoisotopic (exact) mass is 366 g/mol. The molecule has 7 heteroatoms. The number of hydrogen-bond donors (Lipinski definition) is 1. The van der Waals surface area contributed by atoms with E-state index in [0.717, 1.165) is 31.1 Å².